The second-order valence-corrected chi connectivity index (χ2v) is 9.26. The Hall–Kier alpha value is -3.38. The van der Waals surface area contributed by atoms with Gasteiger partial charge in [0.25, 0.3) is 5.91 Å². The van der Waals surface area contributed by atoms with Gasteiger partial charge in [-0.05, 0) is 61.2 Å². The third-order valence-corrected chi connectivity index (χ3v) is 6.32. The second-order valence-electron chi connectivity index (χ2n) is 8.34. The molecule has 6 heteroatoms. The van der Waals surface area contributed by atoms with Crippen molar-refractivity contribution in [3.05, 3.63) is 107 Å². The highest BCUT2D eigenvalue weighted by molar-refractivity contribution is 9.10. The third-order valence-electron chi connectivity index (χ3n) is 5.83. The van der Waals surface area contributed by atoms with Crippen molar-refractivity contribution >= 4 is 32.9 Å². The first-order valence-corrected chi connectivity index (χ1v) is 12.7. The minimum Gasteiger partial charge on any atom is -0.493 e. The van der Waals surface area contributed by atoms with E-state index in [0.717, 1.165) is 58.5 Å². The van der Waals surface area contributed by atoms with E-state index in [9.17, 15) is 4.79 Å². The molecule has 0 aliphatic rings. The lowest BCUT2D eigenvalue weighted by molar-refractivity contribution is 0.0954. The minimum absolute atomic E-state index is 0.0807. The van der Waals surface area contributed by atoms with Gasteiger partial charge in [0.05, 0.1) is 17.6 Å². The molecule has 3 aromatic carbocycles. The Morgan fingerprint density at radius 3 is 2.74 bits per heavy atom. The topological polar surface area (TPSA) is 56.1 Å². The number of hydrogen-bond donors (Lipinski definition) is 1. The van der Waals surface area contributed by atoms with E-state index in [1.807, 2.05) is 66.7 Å². The predicted octanol–water partition coefficient (Wildman–Crippen LogP) is 6.36. The zero-order valence-electron chi connectivity index (χ0n) is 19.8. The van der Waals surface area contributed by atoms with E-state index in [1.54, 1.807) is 0 Å². The first kappa shape index (κ1) is 24.7. The molecule has 0 radical (unpaired) electrons. The molecule has 0 bridgehead atoms. The van der Waals surface area contributed by atoms with Gasteiger partial charge in [-0.15, -0.1) is 6.58 Å². The molecular weight excluding hydrogens is 502 g/mol. The molecule has 0 atom stereocenters. The van der Waals surface area contributed by atoms with E-state index in [4.69, 9.17) is 9.72 Å². The average Bonchev–Trinajstić information content (AvgIpc) is 3.22. The summed E-state index contributed by atoms with van der Waals surface area (Å²) in [5.74, 6) is 1.84. The van der Waals surface area contributed by atoms with E-state index < -0.39 is 0 Å². The molecule has 1 heterocycles. The Morgan fingerprint density at radius 1 is 1.06 bits per heavy atom. The van der Waals surface area contributed by atoms with E-state index in [1.165, 1.54) is 0 Å². The molecular formula is C29H30BrN3O2. The lowest BCUT2D eigenvalue weighted by Gasteiger charge is -2.12. The van der Waals surface area contributed by atoms with Gasteiger partial charge < -0.3 is 14.6 Å². The van der Waals surface area contributed by atoms with Gasteiger partial charge in [0.1, 0.15) is 11.6 Å². The number of nitrogens with zero attached hydrogens (tertiary/aromatic N) is 2. The quantitative estimate of drug-likeness (QED) is 0.171. The number of nitrogens with one attached hydrogen (secondary N) is 1. The molecule has 1 N–H and O–H groups in total. The number of rotatable bonds is 12. The normalized spacial score (nSPS) is 10.9. The highest BCUT2D eigenvalue weighted by Gasteiger charge is 2.12. The molecule has 0 saturated heterocycles. The third kappa shape index (κ3) is 6.61. The largest absolute Gasteiger partial charge is 0.493 e. The number of carbonyl (C=O) groups excluding carboxylic acids is 1. The van der Waals surface area contributed by atoms with E-state index in [2.05, 4.69) is 44.5 Å². The molecule has 0 fully saturated rings. The van der Waals surface area contributed by atoms with Crippen molar-refractivity contribution in [3.63, 3.8) is 0 Å². The van der Waals surface area contributed by atoms with Crippen LogP contribution in [0.5, 0.6) is 5.75 Å². The SMILES string of the molecule is C=CCc1ccccc1OCCCCn1c(CCNC(=O)c2cccc(Br)c2)nc2ccccc21. The predicted molar refractivity (Wildman–Crippen MR) is 145 cm³/mol. The number of benzene rings is 3. The number of fused-ring (bicyclic) bond motifs is 1. The number of unbranched alkanes of at least 4 members (excludes halogenated alkanes) is 1. The maximum atomic E-state index is 12.5. The van der Waals surface area contributed by atoms with Crippen LogP contribution in [-0.2, 0) is 19.4 Å². The van der Waals surface area contributed by atoms with Gasteiger partial charge in [-0.1, -0.05) is 58.4 Å². The Kier molecular flexibility index (Phi) is 8.74. The molecule has 0 aliphatic carbocycles. The molecule has 4 rings (SSSR count). The Morgan fingerprint density at radius 2 is 1.89 bits per heavy atom. The molecule has 4 aromatic rings. The van der Waals surface area contributed by atoms with Gasteiger partial charge in [0.15, 0.2) is 0 Å². The molecule has 1 amide bonds. The molecule has 5 nitrogen and oxygen atoms in total. The Balaban J connectivity index is 1.33. The van der Waals surface area contributed by atoms with Crippen LogP contribution in [0.3, 0.4) is 0 Å². The van der Waals surface area contributed by atoms with Gasteiger partial charge in [0, 0.05) is 29.5 Å². The summed E-state index contributed by atoms with van der Waals surface area (Å²) in [7, 11) is 0. The maximum absolute atomic E-state index is 12.5. The average molecular weight is 532 g/mol. The lowest BCUT2D eigenvalue weighted by Crippen LogP contribution is -2.26. The fourth-order valence-corrected chi connectivity index (χ4v) is 4.51. The monoisotopic (exact) mass is 531 g/mol. The number of amides is 1. The molecule has 1 aromatic heterocycles. The molecule has 0 aliphatic heterocycles. The van der Waals surface area contributed by atoms with Crippen LogP contribution in [-0.4, -0.2) is 28.6 Å². The van der Waals surface area contributed by atoms with Crippen molar-refractivity contribution in [1.29, 1.82) is 0 Å². The summed E-state index contributed by atoms with van der Waals surface area (Å²) in [6, 6.07) is 23.7. The minimum atomic E-state index is -0.0807. The zero-order valence-corrected chi connectivity index (χ0v) is 21.3. The number of aromatic nitrogens is 2. The van der Waals surface area contributed by atoms with Crippen LogP contribution in [0.15, 0.2) is 89.9 Å². The van der Waals surface area contributed by atoms with Crippen LogP contribution in [0.1, 0.15) is 34.6 Å². The smallest absolute Gasteiger partial charge is 0.251 e. The van der Waals surface area contributed by atoms with Crippen LogP contribution >= 0.6 is 15.9 Å². The summed E-state index contributed by atoms with van der Waals surface area (Å²) >= 11 is 3.42. The number of ether oxygens (including phenoxy) is 1. The summed E-state index contributed by atoms with van der Waals surface area (Å²) in [5.41, 5.74) is 3.91. The van der Waals surface area contributed by atoms with Crippen LogP contribution < -0.4 is 10.1 Å². The summed E-state index contributed by atoms with van der Waals surface area (Å²) in [4.78, 5) is 17.3. The summed E-state index contributed by atoms with van der Waals surface area (Å²) in [6.45, 7) is 5.87. The van der Waals surface area contributed by atoms with Gasteiger partial charge in [0.2, 0.25) is 0 Å². The van der Waals surface area contributed by atoms with E-state index in [-0.39, 0.29) is 5.91 Å². The van der Waals surface area contributed by atoms with Gasteiger partial charge >= 0.3 is 0 Å². The molecule has 180 valence electrons. The van der Waals surface area contributed by atoms with Crippen LogP contribution in [0, 0.1) is 0 Å². The van der Waals surface area contributed by atoms with Crippen molar-refractivity contribution in [2.75, 3.05) is 13.2 Å². The number of para-hydroxylation sites is 3. The highest BCUT2D eigenvalue weighted by Crippen LogP contribution is 2.20. The van der Waals surface area contributed by atoms with Crippen LogP contribution in [0.4, 0.5) is 0 Å². The van der Waals surface area contributed by atoms with Gasteiger partial charge in [-0.2, -0.15) is 0 Å². The fraction of sp³-hybridized carbons (Fsp3) is 0.241. The molecule has 35 heavy (non-hydrogen) atoms. The zero-order chi connectivity index (χ0) is 24.5. The van der Waals surface area contributed by atoms with Crippen LogP contribution in [0.2, 0.25) is 0 Å². The van der Waals surface area contributed by atoms with Crippen molar-refractivity contribution in [3.8, 4) is 5.75 Å². The number of halogens is 1. The first-order valence-electron chi connectivity index (χ1n) is 11.9. The van der Waals surface area contributed by atoms with Gasteiger partial charge in [-0.3, -0.25) is 4.79 Å². The van der Waals surface area contributed by atoms with Crippen molar-refractivity contribution < 1.29 is 9.53 Å². The van der Waals surface area contributed by atoms with Crippen LogP contribution in [0.25, 0.3) is 11.0 Å². The highest BCUT2D eigenvalue weighted by atomic mass is 79.9. The Labute approximate surface area is 215 Å². The number of imidazole rings is 1. The summed E-state index contributed by atoms with van der Waals surface area (Å²) in [5, 5.41) is 3.02. The van der Waals surface area contributed by atoms with Crippen molar-refractivity contribution in [2.24, 2.45) is 0 Å². The van der Waals surface area contributed by atoms with Crippen molar-refractivity contribution in [2.45, 2.75) is 32.2 Å². The van der Waals surface area contributed by atoms with Crippen molar-refractivity contribution in [1.82, 2.24) is 14.9 Å². The maximum Gasteiger partial charge on any atom is 0.251 e. The Bertz CT molecular complexity index is 1300. The molecule has 0 saturated carbocycles. The van der Waals surface area contributed by atoms with E-state index >= 15 is 0 Å². The summed E-state index contributed by atoms with van der Waals surface area (Å²) in [6.07, 6.45) is 5.28. The molecule has 0 unspecified atom stereocenters. The van der Waals surface area contributed by atoms with E-state index in [0.29, 0.717) is 25.1 Å². The second kappa shape index (κ2) is 12.4. The number of carbonyl (C=O) groups is 1. The standard InChI is InChI=1S/C29H30BrN3O2/c1-2-10-22-11-3-6-16-27(22)35-20-8-7-19-33-26-15-5-4-14-25(26)32-28(33)17-18-31-29(34)23-12-9-13-24(30)21-23/h2-6,9,11-16,21H,1,7-8,10,17-20H2,(H,31,34). The fourth-order valence-electron chi connectivity index (χ4n) is 4.11. The number of allylic oxidation sites excluding steroid dienone is 1. The lowest BCUT2D eigenvalue weighted by atomic mass is 10.1. The number of aryl methyl sites for hydroxylation is 1. The summed E-state index contributed by atoms with van der Waals surface area (Å²) < 4.78 is 9.20. The first-order chi connectivity index (χ1) is 17.2. The van der Waals surface area contributed by atoms with Gasteiger partial charge in [-0.25, -0.2) is 4.98 Å². The number of hydrogen-bond acceptors (Lipinski definition) is 3. The molecule has 0 spiro atoms.